The predicted octanol–water partition coefficient (Wildman–Crippen LogP) is 4.32. The lowest BCUT2D eigenvalue weighted by atomic mass is 9.55. The van der Waals surface area contributed by atoms with Crippen LogP contribution in [0.4, 0.5) is 0 Å². The monoisotopic (exact) mass is 423 g/mol. The van der Waals surface area contributed by atoms with E-state index in [0.29, 0.717) is 30.1 Å². The van der Waals surface area contributed by atoms with Crippen LogP contribution in [0.2, 0.25) is 0 Å². The number of ketones is 1. The minimum atomic E-state index is -0.224. The second-order valence-corrected chi connectivity index (χ2v) is 10.9. The van der Waals surface area contributed by atoms with Crippen molar-refractivity contribution < 1.29 is 4.79 Å². The molecule has 5 nitrogen and oxygen atoms in total. The number of rotatable bonds is 6. The fourth-order valence-corrected chi connectivity index (χ4v) is 7.25. The van der Waals surface area contributed by atoms with Gasteiger partial charge < -0.3 is 4.90 Å². The maximum absolute atomic E-state index is 13.8. The normalized spacial score (nSPS) is 31.4. The van der Waals surface area contributed by atoms with E-state index in [2.05, 4.69) is 18.7 Å². The summed E-state index contributed by atoms with van der Waals surface area (Å²) >= 11 is 0. The van der Waals surface area contributed by atoms with E-state index >= 15 is 0 Å². The summed E-state index contributed by atoms with van der Waals surface area (Å²) in [6.07, 6.45) is 8.05. The van der Waals surface area contributed by atoms with E-state index in [1.165, 1.54) is 25.7 Å². The summed E-state index contributed by atoms with van der Waals surface area (Å²) in [7, 11) is 0. The molecule has 5 heteroatoms. The van der Waals surface area contributed by atoms with Crippen LogP contribution < -0.4 is 5.69 Å². The number of aromatic nitrogens is 2. The molecule has 0 N–H and O–H groups in total. The third-order valence-electron chi connectivity index (χ3n) is 8.29. The van der Waals surface area contributed by atoms with Gasteiger partial charge in [-0.2, -0.15) is 0 Å². The molecule has 3 aliphatic rings. The molecule has 0 amide bonds. The molecule has 31 heavy (non-hydrogen) atoms. The zero-order valence-electron chi connectivity index (χ0n) is 19.2. The number of para-hydroxylation sites is 2. The quantitative estimate of drug-likeness (QED) is 0.695. The predicted molar refractivity (Wildman–Crippen MR) is 124 cm³/mol. The van der Waals surface area contributed by atoms with Gasteiger partial charge in [-0.3, -0.25) is 13.9 Å². The van der Waals surface area contributed by atoms with E-state index in [1.54, 1.807) is 4.57 Å². The number of carbonyl (C=O) groups is 1. The Balaban J connectivity index is 1.44. The van der Waals surface area contributed by atoms with Crippen LogP contribution in [0, 0.1) is 23.2 Å². The Morgan fingerprint density at radius 3 is 2.19 bits per heavy atom. The fraction of sp³-hybridized carbons (Fsp3) is 0.692. The molecule has 2 bridgehead atoms. The summed E-state index contributed by atoms with van der Waals surface area (Å²) in [4.78, 5) is 29.7. The highest BCUT2D eigenvalue weighted by Gasteiger charge is 2.48. The van der Waals surface area contributed by atoms with Gasteiger partial charge in [0.25, 0.3) is 0 Å². The molecule has 0 radical (unpaired) electrons. The molecule has 168 valence electrons. The van der Waals surface area contributed by atoms with Crippen molar-refractivity contribution in [2.45, 2.75) is 71.9 Å². The lowest BCUT2D eigenvalue weighted by molar-refractivity contribution is -0.137. The highest BCUT2D eigenvalue weighted by Crippen LogP contribution is 2.53. The standard InChI is InChI=1S/C26H37N3O2/c1-19-13-21-14-20(2)16-26(15-19,17-21)24(30)18-29-23-8-4-3-7-22(23)28(25(29)31)12-11-27-9-5-6-10-27/h3-4,7-8,19-21H,5-6,9-18H2,1-2H3. The van der Waals surface area contributed by atoms with Crippen molar-refractivity contribution in [2.75, 3.05) is 19.6 Å². The molecule has 1 aromatic carbocycles. The van der Waals surface area contributed by atoms with Crippen LogP contribution in [0.25, 0.3) is 11.0 Å². The second-order valence-electron chi connectivity index (χ2n) is 10.9. The number of likely N-dealkylation sites (tertiary alicyclic amines) is 1. The summed E-state index contributed by atoms with van der Waals surface area (Å²) in [5.74, 6) is 2.18. The van der Waals surface area contributed by atoms with Crippen LogP contribution >= 0.6 is 0 Å². The number of carbonyl (C=O) groups excluding carboxylic acids is 1. The van der Waals surface area contributed by atoms with Crippen LogP contribution in [0.1, 0.15) is 58.8 Å². The van der Waals surface area contributed by atoms with Crippen LogP contribution in [-0.2, 0) is 17.9 Å². The Bertz CT molecular complexity index is 994. The second kappa shape index (κ2) is 8.23. The summed E-state index contributed by atoms with van der Waals surface area (Å²) in [6.45, 7) is 8.70. The lowest BCUT2D eigenvalue weighted by Crippen LogP contribution is -2.46. The first-order valence-corrected chi connectivity index (χ1v) is 12.4. The Morgan fingerprint density at radius 1 is 0.935 bits per heavy atom. The summed E-state index contributed by atoms with van der Waals surface area (Å²) in [6, 6.07) is 8.01. The van der Waals surface area contributed by atoms with Crippen molar-refractivity contribution in [2.24, 2.45) is 23.2 Å². The molecule has 0 spiro atoms. The molecular weight excluding hydrogens is 386 g/mol. The number of benzene rings is 1. The maximum Gasteiger partial charge on any atom is 0.329 e. The zero-order chi connectivity index (χ0) is 21.6. The molecule has 2 saturated carbocycles. The van der Waals surface area contributed by atoms with Gasteiger partial charge in [-0.25, -0.2) is 4.79 Å². The van der Waals surface area contributed by atoms with Crippen molar-refractivity contribution in [1.82, 2.24) is 14.0 Å². The number of imidazole rings is 1. The summed E-state index contributed by atoms with van der Waals surface area (Å²) < 4.78 is 3.67. The highest BCUT2D eigenvalue weighted by atomic mass is 16.2. The molecule has 2 unspecified atom stereocenters. The molecule has 3 fully saturated rings. The molecule has 1 aliphatic heterocycles. The minimum absolute atomic E-state index is 0.0191. The summed E-state index contributed by atoms with van der Waals surface area (Å²) in [5, 5.41) is 0. The van der Waals surface area contributed by atoms with Crippen molar-refractivity contribution in [3.63, 3.8) is 0 Å². The van der Waals surface area contributed by atoms with Gasteiger partial charge in [0.15, 0.2) is 5.78 Å². The first-order chi connectivity index (χ1) is 14.9. The van der Waals surface area contributed by atoms with Gasteiger partial charge in [0, 0.05) is 18.5 Å². The van der Waals surface area contributed by atoms with E-state index in [0.717, 1.165) is 49.9 Å². The number of fused-ring (bicyclic) bond motifs is 3. The Morgan fingerprint density at radius 2 is 1.55 bits per heavy atom. The molecule has 2 aromatic rings. The van der Waals surface area contributed by atoms with E-state index in [4.69, 9.17) is 0 Å². The van der Waals surface area contributed by atoms with E-state index in [9.17, 15) is 9.59 Å². The van der Waals surface area contributed by atoms with Crippen molar-refractivity contribution >= 4 is 16.8 Å². The van der Waals surface area contributed by atoms with Gasteiger partial charge in [0.2, 0.25) is 0 Å². The first-order valence-electron chi connectivity index (χ1n) is 12.4. The molecule has 2 aliphatic carbocycles. The third kappa shape index (κ3) is 3.90. The van der Waals surface area contributed by atoms with Crippen LogP contribution in [-0.4, -0.2) is 39.5 Å². The van der Waals surface area contributed by atoms with Gasteiger partial charge in [0.05, 0.1) is 17.6 Å². The fourth-order valence-electron chi connectivity index (χ4n) is 7.25. The number of nitrogens with zero attached hydrogens (tertiary/aromatic N) is 3. The molecular formula is C26H37N3O2. The Labute approximate surface area is 185 Å². The molecule has 1 aromatic heterocycles. The summed E-state index contributed by atoms with van der Waals surface area (Å²) in [5.41, 5.74) is 1.62. The molecule has 2 heterocycles. The topological polar surface area (TPSA) is 47.2 Å². The van der Waals surface area contributed by atoms with Crippen LogP contribution in [0.5, 0.6) is 0 Å². The van der Waals surface area contributed by atoms with Crippen molar-refractivity contribution in [3.05, 3.63) is 34.7 Å². The smallest absolute Gasteiger partial charge is 0.302 e. The van der Waals surface area contributed by atoms with Gasteiger partial charge in [-0.05, 0) is 87.9 Å². The van der Waals surface area contributed by atoms with E-state index in [-0.39, 0.29) is 17.6 Å². The largest absolute Gasteiger partial charge is 0.329 e. The van der Waals surface area contributed by atoms with Crippen molar-refractivity contribution in [1.29, 1.82) is 0 Å². The molecule has 1 saturated heterocycles. The molecule has 5 rings (SSSR count). The Hall–Kier alpha value is -1.88. The van der Waals surface area contributed by atoms with Crippen LogP contribution in [0.3, 0.4) is 0 Å². The third-order valence-corrected chi connectivity index (χ3v) is 8.29. The van der Waals surface area contributed by atoms with Gasteiger partial charge in [-0.1, -0.05) is 26.0 Å². The van der Waals surface area contributed by atoms with Gasteiger partial charge >= 0.3 is 5.69 Å². The van der Waals surface area contributed by atoms with Crippen LogP contribution in [0.15, 0.2) is 29.1 Å². The average Bonchev–Trinajstić information content (AvgIpc) is 3.32. The average molecular weight is 424 g/mol. The molecule has 2 atom stereocenters. The first kappa shape index (κ1) is 21.0. The van der Waals surface area contributed by atoms with Gasteiger partial charge in [-0.15, -0.1) is 0 Å². The Kier molecular flexibility index (Phi) is 5.58. The number of hydrogen-bond donors (Lipinski definition) is 0. The lowest BCUT2D eigenvalue weighted by Gasteiger charge is -2.49. The van der Waals surface area contributed by atoms with E-state index < -0.39 is 0 Å². The van der Waals surface area contributed by atoms with Crippen molar-refractivity contribution in [3.8, 4) is 0 Å². The minimum Gasteiger partial charge on any atom is -0.302 e. The van der Waals surface area contributed by atoms with Gasteiger partial charge in [0.1, 0.15) is 0 Å². The van der Waals surface area contributed by atoms with E-state index in [1.807, 2.05) is 28.8 Å². The zero-order valence-corrected chi connectivity index (χ0v) is 19.2. The highest BCUT2D eigenvalue weighted by molar-refractivity contribution is 5.87. The SMILES string of the molecule is CC1CC2CC(C)CC(C(=O)Cn3c(=O)n(CCN4CCCC4)c4ccccc43)(C1)C2. The maximum atomic E-state index is 13.8. The number of hydrogen-bond acceptors (Lipinski definition) is 3. The number of Topliss-reactive ketones (excluding diaryl/α,β-unsaturated/α-hetero) is 1.